The van der Waals surface area contributed by atoms with E-state index in [4.69, 9.17) is 10.00 Å². The molecule has 0 bridgehead atoms. The van der Waals surface area contributed by atoms with E-state index >= 15 is 0 Å². The molecule has 2 heterocycles. The highest BCUT2D eigenvalue weighted by Crippen LogP contribution is 2.25. The van der Waals surface area contributed by atoms with Crippen molar-refractivity contribution in [2.45, 2.75) is 26.4 Å². The lowest BCUT2D eigenvalue weighted by Crippen LogP contribution is -2.16. The summed E-state index contributed by atoms with van der Waals surface area (Å²) in [7, 11) is 1.72. The fourth-order valence-electron chi connectivity index (χ4n) is 2.24. The van der Waals surface area contributed by atoms with Crippen molar-refractivity contribution in [2.75, 3.05) is 0 Å². The molecule has 0 radical (unpaired) electrons. The van der Waals surface area contributed by atoms with Crippen LogP contribution < -0.4 is 0 Å². The van der Waals surface area contributed by atoms with Crippen molar-refractivity contribution < 1.29 is 9.53 Å². The highest BCUT2D eigenvalue weighted by atomic mass is 16.5. The Morgan fingerprint density at radius 1 is 1.45 bits per heavy atom. The minimum Gasteiger partial charge on any atom is -0.451 e. The van der Waals surface area contributed by atoms with Gasteiger partial charge in [0, 0.05) is 19.4 Å². The lowest BCUT2D eigenvalue weighted by Gasteiger charge is -2.19. The average molecular weight is 297 g/mol. The number of aryl methyl sites for hydroxylation is 1. The van der Waals surface area contributed by atoms with Gasteiger partial charge in [0.05, 0.1) is 11.3 Å². The first kappa shape index (κ1) is 15.8. The molecule has 0 spiro atoms. The smallest absolute Gasteiger partial charge is 0.355 e. The van der Waals surface area contributed by atoms with E-state index in [1.807, 2.05) is 24.3 Å². The summed E-state index contributed by atoms with van der Waals surface area (Å²) < 4.78 is 7.24. The predicted octanol–water partition coefficient (Wildman–Crippen LogP) is 3.24. The van der Waals surface area contributed by atoms with E-state index in [-0.39, 0.29) is 0 Å². The zero-order valence-electron chi connectivity index (χ0n) is 13.0. The van der Waals surface area contributed by atoms with Crippen LogP contribution in [0, 0.1) is 17.2 Å². The third-order valence-corrected chi connectivity index (χ3v) is 3.30. The molecule has 5 nitrogen and oxygen atoms in total. The van der Waals surface area contributed by atoms with Crippen LogP contribution in [0.2, 0.25) is 0 Å². The lowest BCUT2D eigenvalue weighted by atomic mass is 10.0. The summed E-state index contributed by atoms with van der Waals surface area (Å²) in [5.41, 5.74) is 1.54. The lowest BCUT2D eigenvalue weighted by molar-refractivity contribution is 0.0226. The molecule has 2 aromatic heterocycles. The molecule has 0 saturated carbocycles. The molecule has 0 amide bonds. The number of hydrogen-bond acceptors (Lipinski definition) is 4. The molecule has 2 rings (SSSR count). The number of aromatic nitrogens is 2. The Balaban J connectivity index is 2.21. The fourth-order valence-corrected chi connectivity index (χ4v) is 2.24. The van der Waals surface area contributed by atoms with Crippen molar-refractivity contribution in [3.63, 3.8) is 0 Å². The Hall–Kier alpha value is -2.61. The Bertz CT molecular complexity index is 684. The van der Waals surface area contributed by atoms with Crippen molar-refractivity contribution in [3.05, 3.63) is 53.6 Å². The summed E-state index contributed by atoms with van der Waals surface area (Å²) >= 11 is 0. The van der Waals surface area contributed by atoms with Crippen LogP contribution in [-0.4, -0.2) is 15.5 Å². The Labute approximate surface area is 130 Å². The van der Waals surface area contributed by atoms with E-state index < -0.39 is 12.1 Å². The monoisotopic (exact) mass is 297 g/mol. The van der Waals surface area contributed by atoms with Gasteiger partial charge in [-0.25, -0.2) is 4.79 Å². The summed E-state index contributed by atoms with van der Waals surface area (Å²) in [5.74, 6) is -0.0804. The van der Waals surface area contributed by atoms with Gasteiger partial charge in [-0.2, -0.15) is 5.26 Å². The SMILES string of the molecule is CC(C)C[C@H](OC(=O)c1cc(C#N)cn1C)c1ccccn1. The van der Waals surface area contributed by atoms with E-state index in [0.29, 0.717) is 23.6 Å². The Kier molecular flexibility index (Phi) is 4.95. The van der Waals surface area contributed by atoms with Gasteiger partial charge in [-0.3, -0.25) is 4.98 Å². The van der Waals surface area contributed by atoms with E-state index in [1.165, 1.54) is 6.07 Å². The number of hydrogen-bond donors (Lipinski definition) is 0. The largest absolute Gasteiger partial charge is 0.451 e. The molecule has 0 aliphatic rings. The summed E-state index contributed by atoms with van der Waals surface area (Å²) in [5, 5.41) is 8.91. The van der Waals surface area contributed by atoms with Gasteiger partial charge in [-0.1, -0.05) is 19.9 Å². The third-order valence-electron chi connectivity index (χ3n) is 3.30. The number of esters is 1. The minimum atomic E-state index is -0.444. The second-order valence-electron chi connectivity index (χ2n) is 5.61. The molecule has 114 valence electrons. The van der Waals surface area contributed by atoms with Gasteiger partial charge >= 0.3 is 5.97 Å². The van der Waals surface area contributed by atoms with Crippen LogP contribution in [0.4, 0.5) is 0 Å². The fraction of sp³-hybridized carbons (Fsp3) is 0.353. The average Bonchev–Trinajstić information content (AvgIpc) is 2.88. The first-order valence-electron chi connectivity index (χ1n) is 7.19. The summed E-state index contributed by atoms with van der Waals surface area (Å²) in [6, 6.07) is 9.11. The van der Waals surface area contributed by atoms with Crippen molar-refractivity contribution in [1.29, 1.82) is 5.26 Å². The number of carbonyl (C=O) groups excluding carboxylic acids is 1. The molecular formula is C17H19N3O2. The molecule has 22 heavy (non-hydrogen) atoms. The van der Waals surface area contributed by atoms with Crippen LogP contribution in [-0.2, 0) is 11.8 Å². The van der Waals surface area contributed by atoms with E-state index in [1.54, 1.807) is 24.0 Å². The number of nitriles is 1. The van der Waals surface area contributed by atoms with Gasteiger partial charge in [-0.05, 0) is 30.5 Å². The maximum Gasteiger partial charge on any atom is 0.355 e. The summed E-state index contributed by atoms with van der Waals surface area (Å²) in [4.78, 5) is 16.7. The maximum atomic E-state index is 12.4. The molecule has 0 fully saturated rings. The molecule has 0 aliphatic carbocycles. The van der Waals surface area contributed by atoms with Crippen LogP contribution in [0.25, 0.3) is 0 Å². The van der Waals surface area contributed by atoms with Crippen LogP contribution in [0.15, 0.2) is 36.7 Å². The summed E-state index contributed by atoms with van der Waals surface area (Å²) in [6.07, 6.45) is 3.59. The van der Waals surface area contributed by atoms with E-state index in [2.05, 4.69) is 18.8 Å². The van der Waals surface area contributed by atoms with Gasteiger partial charge < -0.3 is 9.30 Å². The van der Waals surface area contributed by atoms with Crippen LogP contribution in [0.5, 0.6) is 0 Å². The molecule has 1 atom stereocenters. The molecular weight excluding hydrogens is 278 g/mol. The second-order valence-corrected chi connectivity index (χ2v) is 5.61. The minimum absolute atomic E-state index is 0.362. The van der Waals surface area contributed by atoms with Crippen molar-refractivity contribution >= 4 is 5.97 Å². The molecule has 2 aromatic rings. The number of carbonyl (C=O) groups is 1. The van der Waals surface area contributed by atoms with Gasteiger partial charge in [0.2, 0.25) is 0 Å². The van der Waals surface area contributed by atoms with Gasteiger partial charge in [0.25, 0.3) is 0 Å². The molecule has 0 saturated heterocycles. The van der Waals surface area contributed by atoms with Crippen molar-refractivity contribution in [2.24, 2.45) is 13.0 Å². The van der Waals surface area contributed by atoms with E-state index in [9.17, 15) is 4.79 Å². The van der Waals surface area contributed by atoms with Crippen LogP contribution in [0.1, 0.15) is 48.1 Å². The number of nitrogens with zero attached hydrogens (tertiary/aromatic N) is 3. The van der Waals surface area contributed by atoms with Crippen molar-refractivity contribution in [3.8, 4) is 6.07 Å². The second kappa shape index (κ2) is 6.90. The predicted molar refractivity (Wildman–Crippen MR) is 82.0 cm³/mol. The first-order valence-corrected chi connectivity index (χ1v) is 7.19. The zero-order valence-corrected chi connectivity index (χ0v) is 13.0. The van der Waals surface area contributed by atoms with Gasteiger partial charge in [0.1, 0.15) is 17.9 Å². The van der Waals surface area contributed by atoms with Crippen LogP contribution >= 0.6 is 0 Å². The quantitative estimate of drug-likeness (QED) is 0.794. The Morgan fingerprint density at radius 2 is 2.23 bits per heavy atom. The molecule has 5 heteroatoms. The first-order chi connectivity index (χ1) is 10.5. The molecule has 0 aliphatic heterocycles. The number of ether oxygens (including phenoxy) is 1. The van der Waals surface area contributed by atoms with E-state index in [0.717, 1.165) is 5.69 Å². The Morgan fingerprint density at radius 3 is 2.77 bits per heavy atom. The third kappa shape index (κ3) is 3.73. The summed E-state index contributed by atoms with van der Waals surface area (Å²) in [6.45, 7) is 4.14. The number of pyridine rings is 1. The van der Waals surface area contributed by atoms with Crippen molar-refractivity contribution in [1.82, 2.24) is 9.55 Å². The van der Waals surface area contributed by atoms with Gasteiger partial charge in [-0.15, -0.1) is 0 Å². The topological polar surface area (TPSA) is 67.9 Å². The highest BCUT2D eigenvalue weighted by Gasteiger charge is 2.22. The number of rotatable bonds is 5. The van der Waals surface area contributed by atoms with Crippen LogP contribution in [0.3, 0.4) is 0 Å². The molecule has 0 unspecified atom stereocenters. The highest BCUT2D eigenvalue weighted by molar-refractivity contribution is 5.88. The maximum absolute atomic E-state index is 12.4. The normalized spacial score (nSPS) is 12.0. The molecule has 0 N–H and O–H groups in total. The molecule has 0 aromatic carbocycles. The van der Waals surface area contributed by atoms with Gasteiger partial charge in [0.15, 0.2) is 0 Å². The standard InChI is InChI=1S/C17H19N3O2/c1-12(2)8-16(14-6-4-5-7-19-14)22-17(21)15-9-13(10-18)11-20(15)3/h4-7,9,11-12,16H,8H2,1-3H3/t16-/m0/s1. The zero-order chi connectivity index (χ0) is 16.1.